The molecule has 2 aliphatic heterocycles. The molecule has 6 heteroatoms. The number of carbonyl (C=O) groups excluding carboxylic acids is 2. The largest absolute Gasteiger partial charge is 0.371 e. The first-order chi connectivity index (χ1) is 15.2. The number of nitrogens with zero attached hydrogens (tertiary/aromatic N) is 2. The maximum atomic E-state index is 13.8. The zero-order valence-electron chi connectivity index (χ0n) is 17.8. The van der Waals surface area contributed by atoms with Crippen molar-refractivity contribution in [3.05, 3.63) is 59.7 Å². The number of amides is 2. The van der Waals surface area contributed by atoms with Gasteiger partial charge in [0.25, 0.3) is 5.91 Å². The molecule has 3 aliphatic rings. The minimum atomic E-state index is 0.0909. The minimum Gasteiger partial charge on any atom is -0.371 e. The zero-order chi connectivity index (χ0) is 21.2. The second-order valence-corrected chi connectivity index (χ2v) is 9.84. The van der Waals surface area contributed by atoms with Crippen LogP contribution in [-0.2, 0) is 4.79 Å². The molecule has 0 spiro atoms. The van der Waals surface area contributed by atoms with Gasteiger partial charge in [-0.3, -0.25) is 9.59 Å². The first kappa shape index (κ1) is 20.4. The van der Waals surface area contributed by atoms with E-state index >= 15 is 0 Å². The van der Waals surface area contributed by atoms with Gasteiger partial charge in [-0.1, -0.05) is 30.3 Å². The van der Waals surface area contributed by atoms with E-state index in [1.54, 1.807) is 0 Å². The van der Waals surface area contributed by atoms with Gasteiger partial charge in [-0.25, -0.2) is 0 Å². The number of rotatable bonds is 5. The lowest BCUT2D eigenvalue weighted by Gasteiger charge is -2.36. The third kappa shape index (κ3) is 4.45. The molecule has 0 bridgehead atoms. The summed E-state index contributed by atoms with van der Waals surface area (Å²) in [6.45, 7) is 2.67. The lowest BCUT2D eigenvalue weighted by Crippen LogP contribution is -2.41. The van der Waals surface area contributed by atoms with Crippen LogP contribution in [-0.4, -0.2) is 47.9 Å². The van der Waals surface area contributed by atoms with Crippen LogP contribution in [0, 0.1) is 5.92 Å². The van der Waals surface area contributed by atoms with Gasteiger partial charge in [-0.2, -0.15) is 11.8 Å². The van der Waals surface area contributed by atoms with E-state index in [-0.39, 0.29) is 23.8 Å². The summed E-state index contributed by atoms with van der Waals surface area (Å²) in [6, 6.07) is 16.3. The molecule has 2 heterocycles. The number of nitrogens with one attached hydrogen (secondary N) is 1. The topological polar surface area (TPSA) is 52.7 Å². The van der Waals surface area contributed by atoms with Crippen molar-refractivity contribution in [2.24, 2.45) is 5.92 Å². The van der Waals surface area contributed by atoms with Crippen LogP contribution in [0.1, 0.15) is 47.6 Å². The number of benzene rings is 2. The van der Waals surface area contributed by atoms with E-state index in [1.807, 2.05) is 53.1 Å². The molecule has 5 rings (SSSR count). The van der Waals surface area contributed by atoms with Crippen LogP contribution in [0.4, 0.5) is 11.4 Å². The molecule has 0 aromatic heterocycles. The first-order valence-electron chi connectivity index (χ1n) is 11.3. The van der Waals surface area contributed by atoms with E-state index in [9.17, 15) is 9.59 Å². The number of carbonyl (C=O) groups is 2. The van der Waals surface area contributed by atoms with Gasteiger partial charge in [0.15, 0.2) is 0 Å². The van der Waals surface area contributed by atoms with E-state index in [1.165, 1.54) is 5.56 Å². The Kier molecular flexibility index (Phi) is 5.90. The van der Waals surface area contributed by atoms with Crippen molar-refractivity contribution in [3.63, 3.8) is 0 Å². The molecule has 2 amide bonds. The fourth-order valence-electron chi connectivity index (χ4n) is 4.55. The predicted octanol–water partition coefficient (Wildman–Crippen LogP) is 4.57. The van der Waals surface area contributed by atoms with Gasteiger partial charge < -0.3 is 15.1 Å². The van der Waals surface area contributed by atoms with Gasteiger partial charge in [-0.05, 0) is 49.4 Å². The summed E-state index contributed by atoms with van der Waals surface area (Å²) in [4.78, 5) is 30.4. The highest BCUT2D eigenvalue weighted by molar-refractivity contribution is 7.99. The molecular formula is C25H29N3O2S. The quantitative estimate of drug-likeness (QED) is 0.748. The number of hydrogen-bond donors (Lipinski definition) is 1. The van der Waals surface area contributed by atoms with E-state index in [4.69, 9.17) is 0 Å². The van der Waals surface area contributed by atoms with Crippen molar-refractivity contribution < 1.29 is 9.59 Å². The number of thioether (sulfide) groups is 1. The van der Waals surface area contributed by atoms with Crippen LogP contribution < -0.4 is 10.2 Å². The van der Waals surface area contributed by atoms with Crippen LogP contribution in [0.15, 0.2) is 48.5 Å². The number of hydrogen-bond acceptors (Lipinski definition) is 4. The fourth-order valence-corrected chi connectivity index (χ4v) is 5.64. The molecule has 1 saturated carbocycles. The highest BCUT2D eigenvalue weighted by Gasteiger charge is 2.32. The smallest absolute Gasteiger partial charge is 0.256 e. The van der Waals surface area contributed by atoms with Gasteiger partial charge in [-0.15, -0.1) is 0 Å². The van der Waals surface area contributed by atoms with Gasteiger partial charge in [0.1, 0.15) is 0 Å². The molecular weight excluding hydrogens is 406 g/mol. The van der Waals surface area contributed by atoms with Crippen LogP contribution in [0.5, 0.6) is 0 Å². The maximum Gasteiger partial charge on any atom is 0.256 e. The van der Waals surface area contributed by atoms with Crippen molar-refractivity contribution in [2.45, 2.75) is 31.7 Å². The Bertz CT molecular complexity index is 954. The summed E-state index contributed by atoms with van der Waals surface area (Å²) in [6.07, 6.45) is 4.24. The summed E-state index contributed by atoms with van der Waals surface area (Å²) in [5.74, 6) is 2.24. The summed E-state index contributed by atoms with van der Waals surface area (Å²) < 4.78 is 0. The Labute approximate surface area is 188 Å². The lowest BCUT2D eigenvalue weighted by atomic mass is 10.0. The molecule has 2 saturated heterocycles. The lowest BCUT2D eigenvalue weighted by molar-refractivity contribution is -0.117. The average Bonchev–Trinajstić information content (AvgIpc) is 3.53. The summed E-state index contributed by atoms with van der Waals surface area (Å²) in [5, 5.41) is 3.05. The van der Waals surface area contributed by atoms with Crippen molar-refractivity contribution in [1.82, 2.24) is 4.90 Å². The summed E-state index contributed by atoms with van der Waals surface area (Å²) in [5.41, 5.74) is 3.70. The predicted molar refractivity (Wildman–Crippen MR) is 127 cm³/mol. The Balaban J connectivity index is 1.45. The normalized spacial score (nSPS) is 21.2. The van der Waals surface area contributed by atoms with E-state index < -0.39 is 0 Å². The van der Waals surface area contributed by atoms with Crippen LogP contribution in [0.25, 0.3) is 0 Å². The molecule has 2 aromatic rings. The molecule has 5 nitrogen and oxygen atoms in total. The van der Waals surface area contributed by atoms with E-state index in [2.05, 4.69) is 22.3 Å². The first-order valence-corrected chi connectivity index (χ1v) is 12.5. The highest BCUT2D eigenvalue weighted by atomic mass is 32.2. The molecule has 31 heavy (non-hydrogen) atoms. The van der Waals surface area contributed by atoms with Gasteiger partial charge in [0.2, 0.25) is 5.91 Å². The second-order valence-electron chi connectivity index (χ2n) is 8.69. The molecule has 1 N–H and O–H groups in total. The van der Waals surface area contributed by atoms with Crippen LogP contribution >= 0.6 is 11.8 Å². The Morgan fingerprint density at radius 3 is 2.48 bits per heavy atom. The van der Waals surface area contributed by atoms with Crippen molar-refractivity contribution in [1.29, 1.82) is 0 Å². The third-order valence-electron chi connectivity index (χ3n) is 6.46. The van der Waals surface area contributed by atoms with Crippen molar-refractivity contribution in [2.75, 3.05) is 41.4 Å². The van der Waals surface area contributed by atoms with Gasteiger partial charge >= 0.3 is 0 Å². The Hall–Kier alpha value is -2.47. The van der Waals surface area contributed by atoms with Gasteiger partial charge in [0.05, 0.1) is 17.3 Å². The monoisotopic (exact) mass is 435 g/mol. The highest BCUT2D eigenvalue weighted by Crippen LogP contribution is 2.35. The zero-order valence-corrected chi connectivity index (χ0v) is 18.6. The molecule has 1 unspecified atom stereocenters. The van der Waals surface area contributed by atoms with Gasteiger partial charge in [0, 0.05) is 42.7 Å². The maximum absolute atomic E-state index is 13.8. The second kappa shape index (κ2) is 8.95. The third-order valence-corrected chi connectivity index (χ3v) is 7.49. The molecule has 1 atom stereocenters. The standard InChI is InChI=1S/C25H29N3O2S/c29-24(19-8-9-19)26-20-10-11-21(22(16-20)27-12-4-5-13-27)25(30)28-14-15-31-17-23(28)18-6-2-1-3-7-18/h1-3,6-7,10-11,16,19,23H,4-5,8-9,12-15,17H2,(H,26,29). The van der Waals surface area contributed by atoms with Crippen LogP contribution in [0.2, 0.25) is 0 Å². The number of anilines is 2. The molecule has 1 aliphatic carbocycles. The van der Waals surface area contributed by atoms with Crippen molar-refractivity contribution >= 4 is 35.0 Å². The average molecular weight is 436 g/mol. The van der Waals surface area contributed by atoms with Crippen molar-refractivity contribution in [3.8, 4) is 0 Å². The molecule has 0 radical (unpaired) electrons. The van der Waals surface area contributed by atoms with E-state index in [0.717, 1.165) is 73.8 Å². The Morgan fingerprint density at radius 2 is 1.74 bits per heavy atom. The Morgan fingerprint density at radius 1 is 0.968 bits per heavy atom. The molecule has 2 aromatic carbocycles. The minimum absolute atomic E-state index is 0.0909. The summed E-state index contributed by atoms with van der Waals surface area (Å²) >= 11 is 1.91. The summed E-state index contributed by atoms with van der Waals surface area (Å²) in [7, 11) is 0. The SMILES string of the molecule is O=C(Nc1ccc(C(=O)N2CCSCC2c2ccccc2)c(N2CCCC2)c1)C1CC1. The fraction of sp³-hybridized carbons (Fsp3) is 0.440. The molecule has 3 fully saturated rings. The van der Waals surface area contributed by atoms with Crippen LogP contribution in [0.3, 0.4) is 0 Å². The molecule has 162 valence electrons. The van der Waals surface area contributed by atoms with E-state index in [0.29, 0.717) is 0 Å².